The average Bonchev–Trinajstić information content (AvgIpc) is 2.62. The first kappa shape index (κ1) is 15.1. The smallest absolute Gasteiger partial charge is 0.119 e. The molecule has 0 fully saturated rings. The fraction of sp³-hybridized carbons (Fsp3) is 0.190. The quantitative estimate of drug-likeness (QED) is 0.657. The van der Waals surface area contributed by atoms with Crippen LogP contribution in [0.3, 0.4) is 0 Å². The van der Waals surface area contributed by atoms with Crippen LogP contribution >= 0.6 is 0 Å². The van der Waals surface area contributed by atoms with Crippen molar-refractivity contribution in [1.29, 1.82) is 5.26 Å². The van der Waals surface area contributed by atoms with Gasteiger partial charge in [0.2, 0.25) is 0 Å². The van der Waals surface area contributed by atoms with E-state index in [1.807, 2.05) is 61.5 Å². The number of benzene rings is 3. The van der Waals surface area contributed by atoms with Crippen LogP contribution in [0.15, 0.2) is 72.8 Å². The van der Waals surface area contributed by atoms with Crippen molar-refractivity contribution in [3.8, 4) is 11.8 Å². The summed E-state index contributed by atoms with van der Waals surface area (Å²) < 4.78 is 5.88. The molecule has 0 aliphatic rings. The van der Waals surface area contributed by atoms with E-state index in [4.69, 9.17) is 4.74 Å². The molecule has 3 rings (SSSR count). The predicted molar refractivity (Wildman–Crippen MR) is 93.5 cm³/mol. The topological polar surface area (TPSA) is 33.0 Å². The minimum atomic E-state index is -0.530. The summed E-state index contributed by atoms with van der Waals surface area (Å²) in [5, 5.41) is 11.9. The Bertz CT molecular complexity index is 835. The van der Waals surface area contributed by atoms with Gasteiger partial charge in [-0.1, -0.05) is 60.7 Å². The zero-order valence-electron chi connectivity index (χ0n) is 13.2. The van der Waals surface area contributed by atoms with Crippen LogP contribution < -0.4 is 4.74 Å². The van der Waals surface area contributed by atoms with Gasteiger partial charge >= 0.3 is 0 Å². The number of fused-ring (bicyclic) bond motifs is 1. The summed E-state index contributed by atoms with van der Waals surface area (Å²) in [7, 11) is 0. The van der Waals surface area contributed by atoms with Crippen molar-refractivity contribution in [2.75, 3.05) is 6.61 Å². The maximum absolute atomic E-state index is 9.57. The summed E-state index contributed by atoms with van der Waals surface area (Å²) in [6.07, 6.45) is 0.653. The fourth-order valence-electron chi connectivity index (χ4n) is 2.70. The molecule has 0 heterocycles. The summed E-state index contributed by atoms with van der Waals surface area (Å²) in [5.74, 6) is 0.844. The van der Waals surface area contributed by atoms with Gasteiger partial charge in [0.05, 0.1) is 18.1 Å². The first-order valence-electron chi connectivity index (χ1n) is 7.80. The van der Waals surface area contributed by atoms with E-state index in [-0.39, 0.29) is 0 Å². The Labute approximate surface area is 137 Å². The van der Waals surface area contributed by atoms with Gasteiger partial charge in [-0.15, -0.1) is 0 Å². The Morgan fingerprint density at radius 2 is 1.61 bits per heavy atom. The van der Waals surface area contributed by atoms with Gasteiger partial charge in [-0.25, -0.2) is 0 Å². The Balaban J connectivity index is 1.69. The Morgan fingerprint density at radius 1 is 0.913 bits per heavy atom. The van der Waals surface area contributed by atoms with Gasteiger partial charge in [0.25, 0.3) is 0 Å². The molecule has 0 amide bonds. The van der Waals surface area contributed by atoms with Crippen LogP contribution in [0, 0.1) is 11.3 Å². The van der Waals surface area contributed by atoms with Crippen molar-refractivity contribution >= 4 is 10.8 Å². The summed E-state index contributed by atoms with van der Waals surface area (Å²) >= 11 is 0. The molecule has 2 nitrogen and oxygen atoms in total. The lowest BCUT2D eigenvalue weighted by atomic mass is 9.81. The molecule has 3 aromatic rings. The van der Waals surface area contributed by atoms with Crippen molar-refractivity contribution in [2.45, 2.75) is 18.8 Å². The number of rotatable bonds is 5. The van der Waals surface area contributed by atoms with E-state index >= 15 is 0 Å². The van der Waals surface area contributed by atoms with Crippen molar-refractivity contribution in [3.05, 3.63) is 78.4 Å². The van der Waals surface area contributed by atoms with E-state index in [0.717, 1.165) is 16.7 Å². The third kappa shape index (κ3) is 3.35. The standard InChI is InChI=1S/C21H19NO/c1-21(16-22,19-9-3-2-4-10-19)13-14-23-20-12-11-17-7-5-6-8-18(17)15-20/h2-12,15H,13-14H2,1H3. The molecule has 0 bridgehead atoms. The second-order valence-corrected chi connectivity index (χ2v) is 5.92. The summed E-state index contributed by atoms with van der Waals surface area (Å²) in [5.41, 5.74) is 0.502. The van der Waals surface area contributed by atoms with Gasteiger partial charge in [-0.3, -0.25) is 0 Å². The molecule has 2 heteroatoms. The molecule has 0 radical (unpaired) electrons. The van der Waals surface area contributed by atoms with Crippen LogP contribution in [0.2, 0.25) is 0 Å². The SMILES string of the molecule is CC(C#N)(CCOc1ccc2ccccc2c1)c1ccccc1. The third-order valence-corrected chi connectivity index (χ3v) is 4.25. The van der Waals surface area contributed by atoms with Crippen LogP contribution in [-0.2, 0) is 5.41 Å². The van der Waals surface area contributed by atoms with Gasteiger partial charge in [-0.2, -0.15) is 5.26 Å². The molecular formula is C21H19NO. The Morgan fingerprint density at radius 3 is 2.35 bits per heavy atom. The number of hydrogen-bond donors (Lipinski definition) is 0. The highest BCUT2D eigenvalue weighted by Gasteiger charge is 2.26. The van der Waals surface area contributed by atoms with Crippen molar-refractivity contribution in [2.24, 2.45) is 0 Å². The van der Waals surface area contributed by atoms with E-state index < -0.39 is 5.41 Å². The van der Waals surface area contributed by atoms with E-state index in [1.54, 1.807) is 0 Å². The highest BCUT2D eigenvalue weighted by molar-refractivity contribution is 5.83. The van der Waals surface area contributed by atoms with E-state index in [9.17, 15) is 5.26 Å². The normalized spacial score (nSPS) is 13.2. The molecular weight excluding hydrogens is 282 g/mol. The molecule has 114 valence electrons. The Hall–Kier alpha value is -2.79. The molecule has 0 N–H and O–H groups in total. The molecule has 1 unspecified atom stereocenters. The van der Waals surface area contributed by atoms with Gasteiger partial charge in [0, 0.05) is 6.42 Å². The van der Waals surface area contributed by atoms with E-state index in [2.05, 4.69) is 24.3 Å². The molecule has 0 saturated carbocycles. The van der Waals surface area contributed by atoms with Gasteiger partial charge in [0.15, 0.2) is 0 Å². The lowest BCUT2D eigenvalue weighted by molar-refractivity contribution is 0.285. The number of nitriles is 1. The maximum Gasteiger partial charge on any atom is 0.119 e. The number of hydrogen-bond acceptors (Lipinski definition) is 2. The van der Waals surface area contributed by atoms with Crippen LogP contribution in [0.25, 0.3) is 10.8 Å². The van der Waals surface area contributed by atoms with Crippen molar-refractivity contribution < 1.29 is 4.74 Å². The second-order valence-electron chi connectivity index (χ2n) is 5.92. The minimum absolute atomic E-state index is 0.511. The zero-order chi connectivity index (χ0) is 16.1. The molecule has 1 atom stereocenters. The molecule has 0 aliphatic heterocycles. The first-order chi connectivity index (χ1) is 11.2. The minimum Gasteiger partial charge on any atom is -0.494 e. The molecule has 0 aliphatic carbocycles. The molecule has 0 spiro atoms. The monoisotopic (exact) mass is 301 g/mol. The lowest BCUT2D eigenvalue weighted by Gasteiger charge is -2.22. The molecule has 0 aromatic heterocycles. The van der Waals surface area contributed by atoms with Gasteiger partial charge in [-0.05, 0) is 35.4 Å². The van der Waals surface area contributed by atoms with Gasteiger partial charge < -0.3 is 4.74 Å². The third-order valence-electron chi connectivity index (χ3n) is 4.25. The summed E-state index contributed by atoms with van der Waals surface area (Å²) in [4.78, 5) is 0. The molecule has 23 heavy (non-hydrogen) atoms. The van der Waals surface area contributed by atoms with Crippen molar-refractivity contribution in [3.63, 3.8) is 0 Å². The first-order valence-corrected chi connectivity index (χ1v) is 7.80. The summed E-state index contributed by atoms with van der Waals surface area (Å²) in [6.45, 7) is 2.48. The fourth-order valence-corrected chi connectivity index (χ4v) is 2.70. The Kier molecular flexibility index (Phi) is 4.30. The maximum atomic E-state index is 9.57. The number of nitrogens with zero attached hydrogens (tertiary/aromatic N) is 1. The van der Waals surface area contributed by atoms with Crippen LogP contribution in [0.5, 0.6) is 5.75 Å². The zero-order valence-corrected chi connectivity index (χ0v) is 13.2. The van der Waals surface area contributed by atoms with E-state index in [0.29, 0.717) is 13.0 Å². The molecule has 3 aromatic carbocycles. The lowest BCUT2D eigenvalue weighted by Crippen LogP contribution is -2.22. The predicted octanol–water partition coefficient (Wildman–Crippen LogP) is 5.09. The highest BCUT2D eigenvalue weighted by atomic mass is 16.5. The van der Waals surface area contributed by atoms with Gasteiger partial charge in [0.1, 0.15) is 5.75 Å². The van der Waals surface area contributed by atoms with Crippen LogP contribution in [0.1, 0.15) is 18.9 Å². The largest absolute Gasteiger partial charge is 0.494 e. The summed E-state index contributed by atoms with van der Waals surface area (Å²) in [6, 6.07) is 26.6. The average molecular weight is 301 g/mol. The van der Waals surface area contributed by atoms with Crippen molar-refractivity contribution in [1.82, 2.24) is 0 Å². The van der Waals surface area contributed by atoms with Crippen LogP contribution in [-0.4, -0.2) is 6.61 Å². The number of ether oxygens (including phenoxy) is 1. The van der Waals surface area contributed by atoms with E-state index in [1.165, 1.54) is 5.39 Å². The van der Waals surface area contributed by atoms with Crippen LogP contribution in [0.4, 0.5) is 0 Å². The second kappa shape index (κ2) is 6.54. The highest BCUT2D eigenvalue weighted by Crippen LogP contribution is 2.27. The molecule has 0 saturated heterocycles.